The monoisotopic (exact) mass is 372 g/mol. The van der Waals surface area contributed by atoms with Crippen molar-refractivity contribution < 1.29 is 14.3 Å². The summed E-state index contributed by atoms with van der Waals surface area (Å²) in [6, 6.07) is 9.56. The van der Waals surface area contributed by atoms with E-state index in [1.54, 1.807) is 7.11 Å². The van der Waals surface area contributed by atoms with E-state index in [0.717, 1.165) is 44.6 Å². The van der Waals surface area contributed by atoms with Gasteiger partial charge in [-0.3, -0.25) is 9.59 Å². The SMILES string of the molecule is COCCN1CC2(CCCN(CCCC(=O)c3ccccc3)C2)CCC1=O. The van der Waals surface area contributed by atoms with E-state index in [1.807, 2.05) is 35.2 Å². The van der Waals surface area contributed by atoms with Gasteiger partial charge in [0.25, 0.3) is 0 Å². The zero-order valence-electron chi connectivity index (χ0n) is 16.5. The van der Waals surface area contributed by atoms with Crippen molar-refractivity contribution in [3.8, 4) is 0 Å². The molecule has 2 saturated heterocycles. The maximum Gasteiger partial charge on any atom is 0.222 e. The molecule has 1 aromatic carbocycles. The van der Waals surface area contributed by atoms with E-state index in [4.69, 9.17) is 4.74 Å². The quantitative estimate of drug-likeness (QED) is 0.658. The molecule has 27 heavy (non-hydrogen) atoms. The van der Waals surface area contributed by atoms with Crippen LogP contribution in [0.3, 0.4) is 0 Å². The number of ketones is 1. The highest BCUT2D eigenvalue weighted by Crippen LogP contribution is 2.38. The van der Waals surface area contributed by atoms with Gasteiger partial charge in [0.05, 0.1) is 6.61 Å². The maximum atomic E-state index is 12.3. The number of carbonyl (C=O) groups is 2. The van der Waals surface area contributed by atoms with Gasteiger partial charge in [-0.15, -0.1) is 0 Å². The standard InChI is InChI=1S/C22H32N2O3/c1-27-16-15-24-18-22(12-10-21(24)26)11-6-14-23(17-22)13-5-9-20(25)19-7-3-2-4-8-19/h2-4,7-8H,5-6,9-18H2,1H3. The number of likely N-dealkylation sites (tertiary alicyclic amines) is 2. The van der Waals surface area contributed by atoms with Crippen LogP contribution >= 0.6 is 0 Å². The van der Waals surface area contributed by atoms with E-state index in [0.29, 0.717) is 26.0 Å². The third-order valence-corrected chi connectivity index (χ3v) is 6.03. The minimum atomic E-state index is 0.226. The van der Waals surface area contributed by atoms with Gasteiger partial charge < -0.3 is 14.5 Å². The molecular weight excluding hydrogens is 340 g/mol. The van der Waals surface area contributed by atoms with Gasteiger partial charge in [0, 0.05) is 50.6 Å². The van der Waals surface area contributed by atoms with E-state index in [2.05, 4.69) is 4.90 Å². The number of hydrogen-bond donors (Lipinski definition) is 0. The molecule has 148 valence electrons. The van der Waals surface area contributed by atoms with Crippen molar-refractivity contribution >= 4 is 11.7 Å². The first-order valence-corrected chi connectivity index (χ1v) is 10.2. The van der Waals surface area contributed by atoms with Crippen LogP contribution in [0.25, 0.3) is 0 Å². The summed E-state index contributed by atoms with van der Waals surface area (Å²) in [7, 11) is 1.68. The first-order chi connectivity index (χ1) is 13.1. The van der Waals surface area contributed by atoms with Crippen LogP contribution < -0.4 is 0 Å². The number of amides is 1. The van der Waals surface area contributed by atoms with Crippen molar-refractivity contribution in [1.29, 1.82) is 0 Å². The highest BCUT2D eigenvalue weighted by molar-refractivity contribution is 5.95. The third-order valence-electron chi connectivity index (χ3n) is 6.03. The number of carbonyl (C=O) groups excluding carboxylic acids is 2. The van der Waals surface area contributed by atoms with Crippen molar-refractivity contribution in [2.75, 3.05) is 46.4 Å². The van der Waals surface area contributed by atoms with E-state index in [1.165, 1.54) is 12.8 Å². The van der Waals surface area contributed by atoms with Crippen LogP contribution in [0.1, 0.15) is 48.9 Å². The van der Waals surface area contributed by atoms with E-state index < -0.39 is 0 Å². The van der Waals surface area contributed by atoms with Gasteiger partial charge >= 0.3 is 0 Å². The highest BCUT2D eigenvalue weighted by atomic mass is 16.5. The van der Waals surface area contributed by atoms with Crippen molar-refractivity contribution in [2.24, 2.45) is 5.41 Å². The number of hydrogen-bond acceptors (Lipinski definition) is 4. The van der Waals surface area contributed by atoms with Crippen LogP contribution in [0, 0.1) is 5.41 Å². The molecule has 5 heteroatoms. The van der Waals surface area contributed by atoms with Crippen molar-refractivity contribution in [3.05, 3.63) is 35.9 Å². The Hall–Kier alpha value is -1.72. The molecule has 1 unspecified atom stereocenters. The lowest BCUT2D eigenvalue weighted by atomic mass is 9.73. The van der Waals surface area contributed by atoms with Gasteiger partial charge in [0.15, 0.2) is 5.78 Å². The van der Waals surface area contributed by atoms with Gasteiger partial charge in [0.2, 0.25) is 5.91 Å². The Morgan fingerprint density at radius 2 is 1.96 bits per heavy atom. The second kappa shape index (κ2) is 9.47. The molecule has 1 atom stereocenters. The Morgan fingerprint density at radius 1 is 1.15 bits per heavy atom. The zero-order valence-corrected chi connectivity index (χ0v) is 16.5. The number of ether oxygens (including phenoxy) is 1. The lowest BCUT2D eigenvalue weighted by Crippen LogP contribution is -2.54. The van der Waals surface area contributed by atoms with Gasteiger partial charge in [-0.2, -0.15) is 0 Å². The van der Waals surface area contributed by atoms with Crippen molar-refractivity contribution in [2.45, 2.75) is 38.5 Å². The zero-order chi connectivity index (χ0) is 19.1. The van der Waals surface area contributed by atoms with Crippen LogP contribution in [0.15, 0.2) is 30.3 Å². The van der Waals surface area contributed by atoms with E-state index in [-0.39, 0.29) is 17.1 Å². The molecular formula is C22H32N2O3. The number of rotatable bonds is 8. The largest absolute Gasteiger partial charge is 0.383 e. The fraction of sp³-hybridized carbons (Fsp3) is 0.636. The topological polar surface area (TPSA) is 49.9 Å². The summed E-state index contributed by atoms with van der Waals surface area (Å²) in [5.74, 6) is 0.500. The Kier molecular flexibility index (Phi) is 7.02. The molecule has 2 fully saturated rings. The molecule has 0 N–H and O–H groups in total. The third kappa shape index (κ3) is 5.39. The lowest BCUT2D eigenvalue weighted by molar-refractivity contribution is -0.140. The molecule has 1 amide bonds. The summed E-state index contributed by atoms with van der Waals surface area (Å²) in [4.78, 5) is 29.0. The number of benzene rings is 1. The minimum Gasteiger partial charge on any atom is -0.383 e. The molecule has 2 aliphatic rings. The highest BCUT2D eigenvalue weighted by Gasteiger charge is 2.41. The van der Waals surface area contributed by atoms with Gasteiger partial charge in [-0.05, 0) is 38.8 Å². The normalized spacial score (nSPS) is 23.7. The summed E-state index contributed by atoms with van der Waals surface area (Å²) in [5, 5.41) is 0. The second-order valence-corrected chi connectivity index (χ2v) is 8.08. The van der Waals surface area contributed by atoms with Gasteiger partial charge in [0.1, 0.15) is 0 Å². The van der Waals surface area contributed by atoms with Crippen LogP contribution in [-0.4, -0.2) is 67.9 Å². The molecule has 0 aliphatic carbocycles. The number of methoxy groups -OCH3 is 1. The predicted octanol–water partition coefficient (Wildman–Crippen LogP) is 3.00. The Balaban J connectivity index is 1.49. The molecule has 0 radical (unpaired) electrons. The molecule has 1 spiro atoms. The predicted molar refractivity (Wildman–Crippen MR) is 106 cm³/mol. The lowest BCUT2D eigenvalue weighted by Gasteiger charge is -2.48. The van der Waals surface area contributed by atoms with E-state index in [9.17, 15) is 9.59 Å². The molecule has 5 nitrogen and oxygen atoms in total. The molecule has 0 bridgehead atoms. The molecule has 2 heterocycles. The minimum absolute atomic E-state index is 0.226. The summed E-state index contributed by atoms with van der Waals surface area (Å²) < 4.78 is 5.17. The number of piperidine rings is 2. The van der Waals surface area contributed by atoms with Crippen molar-refractivity contribution in [1.82, 2.24) is 9.80 Å². The summed E-state index contributed by atoms with van der Waals surface area (Å²) in [6.45, 7) is 5.27. The number of nitrogens with zero attached hydrogens (tertiary/aromatic N) is 2. The van der Waals surface area contributed by atoms with Gasteiger partial charge in [-0.25, -0.2) is 0 Å². The Morgan fingerprint density at radius 3 is 2.74 bits per heavy atom. The summed E-state index contributed by atoms with van der Waals surface area (Å²) in [6.07, 6.45) is 5.53. The Bertz CT molecular complexity index is 634. The summed E-state index contributed by atoms with van der Waals surface area (Å²) >= 11 is 0. The van der Waals surface area contributed by atoms with Crippen LogP contribution in [0.4, 0.5) is 0 Å². The van der Waals surface area contributed by atoms with E-state index >= 15 is 0 Å². The van der Waals surface area contributed by atoms with Crippen LogP contribution in [0.2, 0.25) is 0 Å². The average molecular weight is 373 g/mol. The molecule has 0 aromatic heterocycles. The second-order valence-electron chi connectivity index (χ2n) is 8.08. The number of Topliss-reactive ketones (excluding diaryl/α,β-unsaturated/α-hetero) is 1. The fourth-order valence-corrected chi connectivity index (χ4v) is 4.57. The first kappa shape index (κ1) is 20.0. The first-order valence-electron chi connectivity index (χ1n) is 10.2. The van der Waals surface area contributed by atoms with Gasteiger partial charge in [-0.1, -0.05) is 30.3 Å². The summed E-state index contributed by atoms with van der Waals surface area (Å²) in [5.41, 5.74) is 1.04. The smallest absolute Gasteiger partial charge is 0.222 e. The van der Waals surface area contributed by atoms with Crippen molar-refractivity contribution in [3.63, 3.8) is 0 Å². The molecule has 1 aromatic rings. The fourth-order valence-electron chi connectivity index (χ4n) is 4.57. The molecule has 3 rings (SSSR count). The Labute approximate surface area is 162 Å². The van der Waals surface area contributed by atoms with Crippen LogP contribution in [0.5, 0.6) is 0 Å². The average Bonchev–Trinajstić information content (AvgIpc) is 2.70. The molecule has 2 aliphatic heterocycles. The molecule has 0 saturated carbocycles. The maximum absolute atomic E-state index is 12.3. The van der Waals surface area contributed by atoms with Crippen LogP contribution in [-0.2, 0) is 9.53 Å².